The lowest BCUT2D eigenvalue weighted by Gasteiger charge is -2.43. The van der Waals surface area contributed by atoms with Crippen LogP contribution in [0.25, 0.3) is 0 Å². The fourth-order valence-corrected chi connectivity index (χ4v) is 5.47. The number of nitrogens with two attached hydrogens (primary N) is 1. The van der Waals surface area contributed by atoms with Gasteiger partial charge >= 0.3 is 0 Å². The Bertz CT molecular complexity index is 618. The van der Waals surface area contributed by atoms with E-state index in [-0.39, 0.29) is 5.54 Å². The number of aromatic nitrogens is 2. The Hall–Kier alpha value is -1.54. The number of nitrogens with zero attached hydrogens (tertiary/aromatic N) is 6. The first-order valence-corrected chi connectivity index (χ1v) is 11.3. The van der Waals surface area contributed by atoms with Crippen LogP contribution in [-0.4, -0.2) is 88.6 Å². The zero-order valence-corrected chi connectivity index (χ0v) is 16.9. The summed E-state index contributed by atoms with van der Waals surface area (Å²) < 4.78 is 0. The van der Waals surface area contributed by atoms with Crippen LogP contribution in [-0.2, 0) is 0 Å². The van der Waals surface area contributed by atoms with Crippen molar-refractivity contribution in [3.8, 4) is 0 Å². The van der Waals surface area contributed by atoms with Gasteiger partial charge in [0.2, 0.25) is 5.95 Å². The third-order valence-electron chi connectivity index (χ3n) is 6.19. The molecule has 2 saturated heterocycles. The number of thioether (sulfide) groups is 1. The highest BCUT2D eigenvalue weighted by atomic mass is 32.2. The molecule has 8 heteroatoms. The van der Waals surface area contributed by atoms with Gasteiger partial charge in [-0.3, -0.25) is 9.89 Å². The smallest absolute Gasteiger partial charge is 0.225 e. The molecule has 4 rings (SSSR count). The van der Waals surface area contributed by atoms with Crippen molar-refractivity contribution < 1.29 is 0 Å². The predicted molar refractivity (Wildman–Crippen MR) is 112 cm³/mol. The van der Waals surface area contributed by atoms with Gasteiger partial charge in [0.05, 0.1) is 6.54 Å². The lowest BCUT2D eigenvalue weighted by Crippen LogP contribution is -2.54. The topological polar surface area (TPSA) is 73.9 Å². The summed E-state index contributed by atoms with van der Waals surface area (Å²) in [5.74, 6) is 4.02. The highest BCUT2D eigenvalue weighted by Gasteiger charge is 2.40. The van der Waals surface area contributed by atoms with Crippen molar-refractivity contribution in [3.63, 3.8) is 0 Å². The average Bonchev–Trinajstić information content (AvgIpc) is 3.24. The van der Waals surface area contributed by atoms with Gasteiger partial charge < -0.3 is 15.5 Å². The van der Waals surface area contributed by atoms with Crippen LogP contribution in [0.3, 0.4) is 0 Å². The predicted octanol–water partition coefficient (Wildman–Crippen LogP) is 1.27. The van der Waals surface area contributed by atoms with Gasteiger partial charge in [-0.2, -0.15) is 11.8 Å². The second-order valence-electron chi connectivity index (χ2n) is 7.73. The van der Waals surface area contributed by atoms with Gasteiger partial charge in [0.15, 0.2) is 5.96 Å². The molecule has 0 spiro atoms. The Morgan fingerprint density at radius 2 is 1.70 bits per heavy atom. The minimum Gasteiger partial charge on any atom is -0.370 e. The van der Waals surface area contributed by atoms with Crippen molar-refractivity contribution >= 4 is 23.7 Å². The molecule has 0 radical (unpaired) electrons. The van der Waals surface area contributed by atoms with E-state index in [1.807, 2.05) is 6.07 Å². The number of aliphatic imine (C=N–C) groups is 1. The Kier molecular flexibility index (Phi) is 6.02. The number of piperazine rings is 1. The summed E-state index contributed by atoms with van der Waals surface area (Å²) in [6.07, 6.45) is 8.79. The van der Waals surface area contributed by atoms with Gasteiger partial charge in [0.25, 0.3) is 0 Å². The van der Waals surface area contributed by atoms with Crippen LogP contribution in [0.15, 0.2) is 23.5 Å². The fraction of sp³-hybridized carbons (Fsp3) is 0.737. The van der Waals surface area contributed by atoms with Crippen molar-refractivity contribution in [2.75, 3.05) is 62.2 Å². The number of hydrogen-bond donors (Lipinski definition) is 1. The molecule has 0 amide bonds. The molecule has 27 heavy (non-hydrogen) atoms. The zero-order valence-electron chi connectivity index (χ0n) is 16.1. The molecule has 3 fully saturated rings. The second kappa shape index (κ2) is 8.65. The summed E-state index contributed by atoms with van der Waals surface area (Å²) in [7, 11) is 0. The Labute approximate surface area is 166 Å². The third-order valence-corrected chi connectivity index (χ3v) is 7.13. The van der Waals surface area contributed by atoms with E-state index in [0.717, 1.165) is 38.7 Å². The lowest BCUT2D eigenvalue weighted by molar-refractivity contribution is 0.112. The van der Waals surface area contributed by atoms with Crippen LogP contribution in [0.2, 0.25) is 0 Å². The van der Waals surface area contributed by atoms with E-state index in [1.54, 1.807) is 12.4 Å². The summed E-state index contributed by atoms with van der Waals surface area (Å²) in [6.45, 7) is 6.78. The molecular formula is C19H31N7S. The van der Waals surface area contributed by atoms with E-state index in [1.165, 1.54) is 50.3 Å². The van der Waals surface area contributed by atoms with Crippen LogP contribution in [0, 0.1) is 0 Å². The SMILES string of the molecule is NC(=NCC1(N2CCSCC2)CCCC1)N1CCN(c2ncccn2)CC1. The molecular weight excluding hydrogens is 358 g/mol. The molecule has 3 aliphatic rings. The van der Waals surface area contributed by atoms with Crippen molar-refractivity contribution in [1.82, 2.24) is 19.8 Å². The second-order valence-corrected chi connectivity index (χ2v) is 8.95. The molecule has 2 N–H and O–H groups in total. The summed E-state index contributed by atoms with van der Waals surface area (Å²) in [6, 6.07) is 1.85. The summed E-state index contributed by atoms with van der Waals surface area (Å²) >= 11 is 2.08. The molecule has 148 valence electrons. The minimum atomic E-state index is 0.255. The quantitative estimate of drug-likeness (QED) is 0.614. The summed E-state index contributed by atoms with van der Waals surface area (Å²) in [5.41, 5.74) is 6.66. The van der Waals surface area contributed by atoms with Gasteiger partial charge in [0, 0.05) is 68.7 Å². The maximum atomic E-state index is 6.40. The number of guanidine groups is 1. The molecule has 1 aromatic heterocycles. The monoisotopic (exact) mass is 389 g/mol. The molecule has 1 aliphatic carbocycles. The summed E-state index contributed by atoms with van der Waals surface area (Å²) in [4.78, 5) is 20.7. The number of rotatable bonds is 4. The van der Waals surface area contributed by atoms with Gasteiger partial charge in [-0.25, -0.2) is 9.97 Å². The van der Waals surface area contributed by atoms with E-state index < -0.39 is 0 Å². The van der Waals surface area contributed by atoms with Crippen molar-refractivity contribution in [1.29, 1.82) is 0 Å². The Morgan fingerprint density at radius 3 is 2.37 bits per heavy atom. The highest BCUT2D eigenvalue weighted by molar-refractivity contribution is 7.99. The van der Waals surface area contributed by atoms with Crippen LogP contribution in [0.5, 0.6) is 0 Å². The van der Waals surface area contributed by atoms with Gasteiger partial charge in [0.1, 0.15) is 0 Å². The Balaban J connectivity index is 1.35. The van der Waals surface area contributed by atoms with Crippen LogP contribution in [0.4, 0.5) is 5.95 Å². The van der Waals surface area contributed by atoms with Crippen LogP contribution >= 0.6 is 11.8 Å². The maximum Gasteiger partial charge on any atom is 0.225 e. The maximum absolute atomic E-state index is 6.40. The standard InChI is InChI=1S/C19H31N7S/c20-17(24-8-10-25(11-9-24)18-21-6-3-7-22-18)23-16-19(4-1-2-5-19)26-12-14-27-15-13-26/h3,6-7H,1-2,4-5,8-16H2,(H2,20,23). The van der Waals surface area contributed by atoms with Crippen molar-refractivity contribution in [2.45, 2.75) is 31.2 Å². The lowest BCUT2D eigenvalue weighted by atomic mass is 9.95. The van der Waals surface area contributed by atoms with Crippen LogP contribution in [0.1, 0.15) is 25.7 Å². The molecule has 2 aliphatic heterocycles. The first kappa shape index (κ1) is 18.8. The molecule has 0 unspecified atom stereocenters. The molecule has 0 atom stereocenters. The molecule has 0 bridgehead atoms. The van der Waals surface area contributed by atoms with E-state index in [9.17, 15) is 0 Å². The van der Waals surface area contributed by atoms with Crippen molar-refractivity contribution in [3.05, 3.63) is 18.5 Å². The number of anilines is 1. The fourth-order valence-electron chi connectivity index (χ4n) is 4.56. The number of hydrogen-bond acceptors (Lipinski definition) is 6. The Morgan fingerprint density at radius 1 is 1.04 bits per heavy atom. The van der Waals surface area contributed by atoms with E-state index in [2.05, 4.69) is 36.4 Å². The first-order chi connectivity index (χ1) is 13.3. The molecule has 0 aromatic carbocycles. The van der Waals surface area contributed by atoms with Gasteiger partial charge in [-0.1, -0.05) is 12.8 Å². The minimum absolute atomic E-state index is 0.255. The normalized spacial score (nSPS) is 24.4. The summed E-state index contributed by atoms with van der Waals surface area (Å²) in [5, 5.41) is 0. The van der Waals surface area contributed by atoms with Crippen molar-refractivity contribution in [2.24, 2.45) is 10.7 Å². The van der Waals surface area contributed by atoms with Gasteiger partial charge in [-0.05, 0) is 18.9 Å². The average molecular weight is 390 g/mol. The third kappa shape index (κ3) is 4.32. The van der Waals surface area contributed by atoms with Gasteiger partial charge in [-0.15, -0.1) is 0 Å². The molecule has 1 saturated carbocycles. The zero-order chi connectivity index (χ0) is 18.5. The first-order valence-electron chi connectivity index (χ1n) is 10.2. The largest absolute Gasteiger partial charge is 0.370 e. The van der Waals surface area contributed by atoms with E-state index in [4.69, 9.17) is 10.7 Å². The highest BCUT2D eigenvalue weighted by Crippen LogP contribution is 2.37. The molecule has 3 heterocycles. The molecule has 7 nitrogen and oxygen atoms in total. The van der Waals surface area contributed by atoms with E-state index in [0.29, 0.717) is 5.96 Å². The van der Waals surface area contributed by atoms with Crippen LogP contribution < -0.4 is 10.6 Å². The molecule has 1 aromatic rings. The van der Waals surface area contributed by atoms with E-state index >= 15 is 0 Å².